The van der Waals surface area contributed by atoms with Gasteiger partial charge in [0.05, 0.1) is 0 Å². The van der Waals surface area contributed by atoms with E-state index in [1.807, 2.05) is 30.3 Å². The third-order valence-corrected chi connectivity index (χ3v) is 3.54. The first-order valence-electron chi connectivity index (χ1n) is 6.22. The Kier molecular flexibility index (Phi) is 3.67. The minimum atomic E-state index is -1.07. The van der Waals surface area contributed by atoms with Crippen molar-refractivity contribution in [1.82, 2.24) is 10.1 Å². The lowest BCUT2D eigenvalue weighted by Crippen LogP contribution is -2.29. The van der Waals surface area contributed by atoms with Gasteiger partial charge in [0.25, 0.3) is 0 Å². The molecule has 8 heteroatoms. The van der Waals surface area contributed by atoms with Crippen molar-refractivity contribution >= 4 is 28.3 Å². The zero-order valence-corrected chi connectivity index (χ0v) is 12.0. The predicted molar refractivity (Wildman–Crippen MR) is 80.9 cm³/mol. The molecule has 0 spiro atoms. The molecule has 0 aliphatic carbocycles. The Balaban J connectivity index is 1.81. The Bertz CT molecular complexity index is 825. The predicted octanol–water partition coefficient (Wildman–Crippen LogP) is 1.89. The zero-order chi connectivity index (χ0) is 15.5. The van der Waals surface area contributed by atoms with E-state index in [-0.39, 0.29) is 5.13 Å². The van der Waals surface area contributed by atoms with Crippen LogP contribution in [0.2, 0.25) is 0 Å². The van der Waals surface area contributed by atoms with Gasteiger partial charge in [-0.15, -0.1) is 11.3 Å². The van der Waals surface area contributed by atoms with Crippen LogP contribution in [0.1, 0.15) is 0 Å². The van der Waals surface area contributed by atoms with Crippen LogP contribution >= 0.6 is 11.3 Å². The summed E-state index contributed by atoms with van der Waals surface area (Å²) in [5, 5.41) is 8.23. The van der Waals surface area contributed by atoms with Crippen molar-refractivity contribution in [3.8, 4) is 22.7 Å². The van der Waals surface area contributed by atoms with E-state index in [0.717, 1.165) is 16.9 Å². The first kappa shape index (κ1) is 14.0. The van der Waals surface area contributed by atoms with Crippen molar-refractivity contribution in [2.24, 2.45) is 5.73 Å². The molecule has 0 aliphatic heterocycles. The average molecular weight is 314 g/mol. The monoisotopic (exact) mass is 314 g/mol. The summed E-state index contributed by atoms with van der Waals surface area (Å²) in [7, 11) is 0. The number of nitrogens with one attached hydrogen (secondary N) is 1. The van der Waals surface area contributed by atoms with Crippen molar-refractivity contribution in [1.29, 1.82) is 0 Å². The number of benzene rings is 1. The highest BCUT2D eigenvalue weighted by Gasteiger charge is 2.14. The Labute approximate surface area is 128 Å². The molecule has 0 bridgehead atoms. The van der Waals surface area contributed by atoms with Crippen LogP contribution in [0.3, 0.4) is 0 Å². The molecule has 2 amide bonds. The van der Waals surface area contributed by atoms with Crippen LogP contribution in [0, 0.1) is 0 Å². The van der Waals surface area contributed by atoms with Gasteiger partial charge in [-0.05, 0) is 0 Å². The average Bonchev–Trinajstić information content (AvgIpc) is 3.16. The van der Waals surface area contributed by atoms with Crippen LogP contribution in [0.4, 0.5) is 5.13 Å². The van der Waals surface area contributed by atoms with Crippen LogP contribution in [0.15, 0.2) is 46.3 Å². The van der Waals surface area contributed by atoms with Crippen LogP contribution in [-0.4, -0.2) is 22.0 Å². The maximum atomic E-state index is 11.2. The number of anilines is 1. The normalized spacial score (nSPS) is 10.4. The number of aromatic nitrogens is 2. The highest BCUT2D eigenvalue weighted by atomic mass is 32.1. The molecule has 7 nitrogen and oxygen atoms in total. The second-order valence-electron chi connectivity index (χ2n) is 4.30. The quantitative estimate of drug-likeness (QED) is 0.717. The van der Waals surface area contributed by atoms with E-state index in [9.17, 15) is 9.59 Å². The molecule has 0 atom stereocenters. The van der Waals surface area contributed by atoms with E-state index in [0.29, 0.717) is 17.1 Å². The fourth-order valence-electron chi connectivity index (χ4n) is 1.74. The van der Waals surface area contributed by atoms with Crippen molar-refractivity contribution in [2.75, 3.05) is 5.32 Å². The van der Waals surface area contributed by atoms with Crippen molar-refractivity contribution in [3.05, 3.63) is 41.8 Å². The molecule has 0 aliphatic rings. The molecule has 3 aromatic rings. The van der Waals surface area contributed by atoms with Gasteiger partial charge in [-0.2, -0.15) is 0 Å². The molecule has 0 unspecified atom stereocenters. The maximum absolute atomic E-state index is 11.2. The molecule has 3 rings (SSSR count). The van der Waals surface area contributed by atoms with Crippen LogP contribution in [-0.2, 0) is 9.59 Å². The molecule has 0 saturated carbocycles. The van der Waals surface area contributed by atoms with Gasteiger partial charge in [0.1, 0.15) is 11.4 Å². The van der Waals surface area contributed by atoms with E-state index in [2.05, 4.69) is 15.5 Å². The third kappa shape index (κ3) is 2.86. The van der Waals surface area contributed by atoms with Gasteiger partial charge in [0, 0.05) is 17.0 Å². The van der Waals surface area contributed by atoms with Crippen molar-refractivity contribution in [3.63, 3.8) is 0 Å². The number of rotatable bonds is 3. The standard InChI is InChI=1S/C14H10N4O3S/c15-12(19)13(20)17-14-16-10(7-22-14)9-6-11(21-18-9)8-4-2-1-3-5-8/h1-7H,(H2,15,19)(H,16,17,20). The van der Waals surface area contributed by atoms with Crippen LogP contribution in [0.25, 0.3) is 22.7 Å². The molecule has 110 valence electrons. The second kappa shape index (κ2) is 5.78. The number of thiazole rings is 1. The van der Waals surface area contributed by atoms with E-state index in [1.165, 1.54) is 0 Å². The van der Waals surface area contributed by atoms with Gasteiger partial charge in [0.2, 0.25) is 0 Å². The fourth-order valence-corrected chi connectivity index (χ4v) is 2.44. The minimum absolute atomic E-state index is 0.267. The SMILES string of the molecule is NC(=O)C(=O)Nc1nc(-c2cc(-c3ccccc3)on2)cs1. The molecular formula is C14H10N4O3S. The number of amides is 2. The maximum Gasteiger partial charge on any atom is 0.315 e. The Morgan fingerprint density at radius 3 is 2.68 bits per heavy atom. The largest absolute Gasteiger partial charge is 0.361 e. The van der Waals surface area contributed by atoms with Gasteiger partial charge < -0.3 is 10.3 Å². The number of hydrogen-bond donors (Lipinski definition) is 2. The van der Waals surface area contributed by atoms with Crippen molar-refractivity contribution in [2.45, 2.75) is 0 Å². The Morgan fingerprint density at radius 2 is 1.95 bits per heavy atom. The molecule has 3 N–H and O–H groups in total. The molecule has 0 saturated heterocycles. The van der Waals surface area contributed by atoms with E-state index < -0.39 is 11.8 Å². The van der Waals surface area contributed by atoms with Gasteiger partial charge >= 0.3 is 11.8 Å². The zero-order valence-electron chi connectivity index (χ0n) is 11.1. The summed E-state index contributed by atoms with van der Waals surface area (Å²) in [6, 6.07) is 11.3. The highest BCUT2D eigenvalue weighted by molar-refractivity contribution is 7.14. The Hall–Kier alpha value is -3.00. The Morgan fingerprint density at radius 1 is 1.18 bits per heavy atom. The molecule has 2 aromatic heterocycles. The summed E-state index contributed by atoms with van der Waals surface area (Å²) in [6.07, 6.45) is 0. The van der Waals surface area contributed by atoms with Gasteiger partial charge in [0.15, 0.2) is 10.9 Å². The lowest BCUT2D eigenvalue weighted by molar-refractivity contribution is -0.134. The number of carbonyl (C=O) groups is 2. The number of nitrogens with zero attached hydrogens (tertiary/aromatic N) is 2. The van der Waals surface area contributed by atoms with E-state index in [4.69, 9.17) is 10.3 Å². The molecule has 2 heterocycles. The summed E-state index contributed by atoms with van der Waals surface area (Å²) in [5.74, 6) is -1.36. The highest BCUT2D eigenvalue weighted by Crippen LogP contribution is 2.28. The van der Waals surface area contributed by atoms with Gasteiger partial charge in [-0.1, -0.05) is 35.5 Å². The minimum Gasteiger partial charge on any atom is -0.361 e. The first-order valence-corrected chi connectivity index (χ1v) is 7.10. The summed E-state index contributed by atoms with van der Waals surface area (Å²) in [5.41, 5.74) is 6.84. The van der Waals surface area contributed by atoms with Crippen molar-refractivity contribution < 1.29 is 14.1 Å². The summed E-state index contributed by atoms with van der Waals surface area (Å²) in [6.45, 7) is 0. The smallest absolute Gasteiger partial charge is 0.315 e. The van der Waals surface area contributed by atoms with Crippen LogP contribution in [0.5, 0.6) is 0 Å². The lowest BCUT2D eigenvalue weighted by Gasteiger charge is -1.94. The number of hydrogen-bond acceptors (Lipinski definition) is 6. The summed E-state index contributed by atoms with van der Waals surface area (Å²) in [4.78, 5) is 26.1. The summed E-state index contributed by atoms with van der Waals surface area (Å²) < 4.78 is 5.29. The number of nitrogens with two attached hydrogens (primary N) is 1. The fraction of sp³-hybridized carbons (Fsp3) is 0. The van der Waals surface area contributed by atoms with E-state index in [1.54, 1.807) is 11.4 Å². The second-order valence-corrected chi connectivity index (χ2v) is 5.16. The van der Waals surface area contributed by atoms with Crippen LogP contribution < -0.4 is 11.1 Å². The molecule has 0 fully saturated rings. The topological polar surface area (TPSA) is 111 Å². The lowest BCUT2D eigenvalue weighted by atomic mass is 10.1. The molecule has 1 aromatic carbocycles. The summed E-state index contributed by atoms with van der Waals surface area (Å²) >= 11 is 1.16. The molecule has 22 heavy (non-hydrogen) atoms. The number of primary amides is 1. The molecular weight excluding hydrogens is 304 g/mol. The van der Waals surface area contributed by atoms with Gasteiger partial charge in [-0.25, -0.2) is 4.98 Å². The number of carbonyl (C=O) groups excluding carboxylic acids is 2. The third-order valence-electron chi connectivity index (χ3n) is 2.78. The first-order chi connectivity index (χ1) is 10.6. The molecule has 0 radical (unpaired) electrons. The van der Waals surface area contributed by atoms with E-state index >= 15 is 0 Å². The van der Waals surface area contributed by atoms with Gasteiger partial charge in [-0.3, -0.25) is 14.9 Å².